The first kappa shape index (κ1) is 81.6. The van der Waals surface area contributed by atoms with Crippen LogP contribution < -0.4 is 5.32 Å². The van der Waals surface area contributed by atoms with Gasteiger partial charge in [-0.15, -0.1) is 0 Å². The molecular weight excluding hydrogens is 1080 g/mol. The van der Waals surface area contributed by atoms with Crippen molar-refractivity contribution in [2.45, 2.75) is 352 Å². The molecule has 1 heterocycles. The van der Waals surface area contributed by atoms with E-state index in [0.717, 1.165) is 96.3 Å². The van der Waals surface area contributed by atoms with Gasteiger partial charge in [0, 0.05) is 6.42 Å². The van der Waals surface area contributed by atoms with Gasteiger partial charge in [0.2, 0.25) is 5.91 Å². The minimum atomic E-state index is -1.57. The smallest absolute Gasteiger partial charge is 0.220 e. The Morgan fingerprint density at radius 3 is 1.06 bits per heavy atom. The lowest BCUT2D eigenvalue weighted by Gasteiger charge is -2.40. The van der Waals surface area contributed by atoms with Crippen molar-refractivity contribution in [3.05, 3.63) is 122 Å². The van der Waals surface area contributed by atoms with Crippen molar-refractivity contribution in [3.8, 4) is 0 Å². The minimum absolute atomic E-state index is 0.179. The molecule has 9 nitrogen and oxygen atoms in total. The van der Waals surface area contributed by atoms with Crippen molar-refractivity contribution in [1.82, 2.24) is 5.32 Å². The molecule has 0 aromatic heterocycles. The van der Waals surface area contributed by atoms with E-state index in [-0.39, 0.29) is 12.5 Å². The SMILES string of the molecule is CC/C=C\C/C=C\C/C=C\C/C=C\C/C=C\C/C=C\C/C=C\C/C=C\C/C=C\CCCCCCCCCCCCCCCC(=O)NC(COC1OC(CO)C(O)C(O)C1O)C(O)/C=C/CCCCCCCCCCCCCCCCCCCCCCC. The molecule has 0 aromatic rings. The summed E-state index contributed by atoms with van der Waals surface area (Å²) in [6, 6.07) is -0.814. The number of aliphatic hydroxyl groups excluding tert-OH is 5. The van der Waals surface area contributed by atoms with Crippen LogP contribution in [0.25, 0.3) is 0 Å². The maximum Gasteiger partial charge on any atom is 0.220 e. The first-order valence-corrected chi connectivity index (χ1v) is 36.3. The highest BCUT2D eigenvalue weighted by molar-refractivity contribution is 5.76. The van der Waals surface area contributed by atoms with Crippen molar-refractivity contribution < 1.29 is 39.8 Å². The average Bonchev–Trinajstić information content (AvgIpc) is 3.47. The summed E-state index contributed by atoms with van der Waals surface area (Å²) >= 11 is 0. The van der Waals surface area contributed by atoms with E-state index in [4.69, 9.17) is 9.47 Å². The van der Waals surface area contributed by atoms with Gasteiger partial charge < -0.3 is 40.3 Å². The van der Waals surface area contributed by atoms with E-state index < -0.39 is 49.5 Å². The third-order valence-corrected chi connectivity index (χ3v) is 16.5. The lowest BCUT2D eigenvalue weighted by molar-refractivity contribution is -0.302. The molecule has 500 valence electrons. The Morgan fingerprint density at radius 1 is 0.402 bits per heavy atom. The predicted molar refractivity (Wildman–Crippen MR) is 373 cm³/mol. The van der Waals surface area contributed by atoms with Crippen LogP contribution in [-0.4, -0.2) is 87.5 Å². The van der Waals surface area contributed by atoms with Gasteiger partial charge in [-0.2, -0.15) is 0 Å². The van der Waals surface area contributed by atoms with Crippen LogP contribution in [0.2, 0.25) is 0 Å². The Labute approximate surface area is 535 Å². The van der Waals surface area contributed by atoms with E-state index in [0.29, 0.717) is 6.42 Å². The number of nitrogens with one attached hydrogen (secondary N) is 1. The van der Waals surface area contributed by atoms with Crippen LogP contribution >= 0.6 is 0 Å². The lowest BCUT2D eigenvalue weighted by atomic mass is 9.99. The molecule has 0 spiro atoms. The second kappa shape index (κ2) is 65.5. The van der Waals surface area contributed by atoms with Gasteiger partial charge in [-0.25, -0.2) is 0 Å². The first-order valence-electron chi connectivity index (χ1n) is 36.3. The molecule has 1 amide bonds. The number of aliphatic hydroxyl groups is 5. The Morgan fingerprint density at radius 2 is 0.713 bits per heavy atom. The van der Waals surface area contributed by atoms with Crippen LogP contribution in [0.1, 0.15) is 309 Å². The molecule has 0 saturated carbocycles. The fourth-order valence-electron chi connectivity index (χ4n) is 10.9. The van der Waals surface area contributed by atoms with Gasteiger partial charge in [-0.1, -0.05) is 334 Å². The highest BCUT2D eigenvalue weighted by Crippen LogP contribution is 2.23. The van der Waals surface area contributed by atoms with Crippen molar-refractivity contribution in [2.24, 2.45) is 0 Å². The number of allylic oxidation sites excluding steroid dienone is 19. The van der Waals surface area contributed by atoms with Crippen molar-refractivity contribution in [2.75, 3.05) is 13.2 Å². The standard InChI is InChI=1S/C78H135NO8/c1-3-5-7-9-11-13-15-17-19-21-23-25-27-28-29-30-31-32-33-34-35-36-37-38-39-40-41-42-43-44-46-48-50-52-54-56-58-60-62-64-66-68-74(82)79-71(70-86-78-77(85)76(84)75(83)73(69-80)87-78)72(81)67-65-63-61-59-57-55-53-51-49-47-45-26-24-22-20-18-16-14-12-10-8-6-4-2/h5,7,11,13,17,19,23,25,28-29,31-32,34-35,37-38,40-41,65,67,71-73,75-78,80-81,83-85H,3-4,6,8-10,12,14-16,18,20-22,24,26-27,30,33,36,39,42-64,66,68-70H2,1-2H3,(H,79,82)/b7-5-,13-11-,19-17-,25-23-,29-28-,32-31-,35-34-,38-37-,41-40-,67-65+. The van der Waals surface area contributed by atoms with Crippen LogP contribution in [0, 0.1) is 0 Å². The number of ether oxygens (including phenoxy) is 2. The molecule has 1 fully saturated rings. The zero-order chi connectivity index (χ0) is 62.8. The largest absolute Gasteiger partial charge is 0.394 e. The molecule has 7 atom stereocenters. The van der Waals surface area contributed by atoms with Crippen molar-refractivity contribution in [1.29, 1.82) is 0 Å². The van der Waals surface area contributed by atoms with E-state index in [1.165, 1.54) is 193 Å². The van der Waals surface area contributed by atoms with Gasteiger partial charge in [-0.05, 0) is 89.9 Å². The highest BCUT2D eigenvalue weighted by Gasteiger charge is 2.44. The predicted octanol–water partition coefficient (Wildman–Crippen LogP) is 20.2. The van der Waals surface area contributed by atoms with Crippen LogP contribution in [0.5, 0.6) is 0 Å². The molecule has 1 aliphatic heterocycles. The molecule has 1 aliphatic rings. The van der Waals surface area contributed by atoms with Gasteiger partial charge in [0.05, 0.1) is 25.4 Å². The monoisotopic (exact) mass is 1210 g/mol. The molecule has 0 radical (unpaired) electrons. The second-order valence-electron chi connectivity index (χ2n) is 24.7. The van der Waals surface area contributed by atoms with Crippen LogP contribution in [0.15, 0.2) is 122 Å². The summed E-state index contributed by atoms with van der Waals surface area (Å²) in [6.45, 7) is 3.69. The first-order chi connectivity index (χ1) is 42.8. The van der Waals surface area contributed by atoms with Crippen LogP contribution in [0.3, 0.4) is 0 Å². The zero-order valence-electron chi connectivity index (χ0n) is 56.0. The average molecular weight is 1210 g/mol. The summed E-state index contributed by atoms with van der Waals surface area (Å²) in [6.07, 6.45) is 91.6. The maximum absolute atomic E-state index is 13.1. The van der Waals surface area contributed by atoms with Gasteiger partial charge in [-0.3, -0.25) is 4.79 Å². The molecule has 6 N–H and O–H groups in total. The molecule has 1 rings (SSSR count). The number of unbranched alkanes of at least 4 members (excludes halogenated alkanes) is 34. The van der Waals surface area contributed by atoms with Gasteiger partial charge in [0.15, 0.2) is 6.29 Å². The Balaban J connectivity index is 2.12. The molecule has 0 aromatic carbocycles. The van der Waals surface area contributed by atoms with Crippen LogP contribution in [-0.2, 0) is 14.3 Å². The third-order valence-electron chi connectivity index (χ3n) is 16.5. The Kier molecular flexibility index (Phi) is 61.5. The lowest BCUT2D eigenvalue weighted by Crippen LogP contribution is -2.60. The minimum Gasteiger partial charge on any atom is -0.394 e. The highest BCUT2D eigenvalue weighted by atomic mass is 16.7. The fourth-order valence-corrected chi connectivity index (χ4v) is 10.9. The van der Waals surface area contributed by atoms with E-state index in [1.807, 2.05) is 6.08 Å². The molecule has 9 heteroatoms. The molecule has 1 saturated heterocycles. The molecule has 0 bridgehead atoms. The summed E-state index contributed by atoms with van der Waals surface area (Å²) in [5.74, 6) is -0.179. The quantitative estimate of drug-likeness (QED) is 0.0261. The Bertz CT molecular complexity index is 1790. The summed E-state index contributed by atoms with van der Waals surface area (Å²) in [7, 11) is 0. The maximum atomic E-state index is 13.1. The van der Waals surface area contributed by atoms with Crippen molar-refractivity contribution >= 4 is 5.91 Å². The summed E-state index contributed by atoms with van der Waals surface area (Å²) in [4.78, 5) is 13.1. The summed E-state index contributed by atoms with van der Waals surface area (Å²) < 4.78 is 11.3. The zero-order valence-corrected chi connectivity index (χ0v) is 56.0. The van der Waals surface area contributed by atoms with E-state index in [2.05, 4.69) is 129 Å². The normalized spacial score (nSPS) is 18.7. The fraction of sp³-hybridized carbons (Fsp3) is 0.731. The number of amides is 1. The van der Waals surface area contributed by atoms with Gasteiger partial charge in [0.25, 0.3) is 0 Å². The number of hydrogen-bond donors (Lipinski definition) is 6. The number of carbonyl (C=O) groups excluding carboxylic acids is 1. The van der Waals surface area contributed by atoms with E-state index >= 15 is 0 Å². The summed E-state index contributed by atoms with van der Waals surface area (Å²) in [5.41, 5.74) is 0. The Hall–Kier alpha value is -3.41. The number of carbonyl (C=O) groups is 1. The van der Waals surface area contributed by atoms with E-state index in [9.17, 15) is 30.3 Å². The number of hydrogen-bond acceptors (Lipinski definition) is 8. The van der Waals surface area contributed by atoms with Gasteiger partial charge >= 0.3 is 0 Å². The molecule has 0 aliphatic carbocycles. The summed E-state index contributed by atoms with van der Waals surface area (Å²) in [5, 5.41) is 54.8. The molecule has 87 heavy (non-hydrogen) atoms. The number of rotatable bonds is 62. The van der Waals surface area contributed by atoms with Crippen molar-refractivity contribution in [3.63, 3.8) is 0 Å². The third kappa shape index (κ3) is 54.1. The topological polar surface area (TPSA) is 149 Å². The molecule has 7 unspecified atom stereocenters. The van der Waals surface area contributed by atoms with E-state index in [1.54, 1.807) is 6.08 Å². The van der Waals surface area contributed by atoms with Crippen LogP contribution in [0.4, 0.5) is 0 Å². The van der Waals surface area contributed by atoms with Gasteiger partial charge in [0.1, 0.15) is 24.4 Å². The second-order valence-corrected chi connectivity index (χ2v) is 24.7. The molecular formula is C78H135NO8.